The number of nitrogens with one attached hydrogen (secondary N) is 1. The summed E-state index contributed by atoms with van der Waals surface area (Å²) in [5.41, 5.74) is 5.51. The summed E-state index contributed by atoms with van der Waals surface area (Å²) in [6.07, 6.45) is 2.74. The third-order valence-electron chi connectivity index (χ3n) is 3.43. The van der Waals surface area contributed by atoms with E-state index in [1.165, 1.54) is 0 Å². The van der Waals surface area contributed by atoms with Crippen LogP contribution >= 0.6 is 0 Å². The van der Waals surface area contributed by atoms with Gasteiger partial charge in [-0.2, -0.15) is 15.0 Å². The molecule has 8 nitrogen and oxygen atoms in total. The van der Waals surface area contributed by atoms with Gasteiger partial charge in [-0.1, -0.05) is 0 Å². The van der Waals surface area contributed by atoms with Crippen molar-refractivity contribution in [3.8, 4) is 0 Å². The molecule has 2 heterocycles. The van der Waals surface area contributed by atoms with Crippen LogP contribution in [0.5, 0.6) is 0 Å². The Hall–Kier alpha value is -2.12. The molecule has 1 saturated heterocycles. The standard InChI is InChI=1S/C13H23N7O/c1-4-15-11-16-12(19(2)3)18-13(17-11)20-8-6-5-7-9(20)10(14)21/h9H,4-8H2,1-3H3,(H2,14,21)(H,15,16,17,18). The Bertz CT molecular complexity index is 505. The lowest BCUT2D eigenvalue weighted by Crippen LogP contribution is -2.48. The Morgan fingerprint density at radius 2 is 2.14 bits per heavy atom. The predicted octanol–water partition coefficient (Wildman–Crippen LogP) is 0.214. The maximum atomic E-state index is 11.7. The largest absolute Gasteiger partial charge is 0.368 e. The zero-order valence-corrected chi connectivity index (χ0v) is 12.8. The summed E-state index contributed by atoms with van der Waals surface area (Å²) in [5, 5.41) is 3.09. The Morgan fingerprint density at radius 3 is 2.76 bits per heavy atom. The molecule has 21 heavy (non-hydrogen) atoms. The van der Waals surface area contributed by atoms with Gasteiger partial charge in [0.15, 0.2) is 0 Å². The van der Waals surface area contributed by atoms with E-state index < -0.39 is 0 Å². The number of rotatable bonds is 5. The topological polar surface area (TPSA) is 100 Å². The summed E-state index contributed by atoms with van der Waals surface area (Å²) in [6.45, 7) is 3.43. The van der Waals surface area contributed by atoms with Gasteiger partial charge >= 0.3 is 0 Å². The van der Waals surface area contributed by atoms with Crippen LogP contribution in [0.15, 0.2) is 0 Å². The van der Waals surface area contributed by atoms with Crippen LogP contribution in [0.25, 0.3) is 0 Å². The number of carbonyl (C=O) groups is 1. The molecule has 1 aromatic rings. The number of hydrogen-bond donors (Lipinski definition) is 2. The molecule has 0 bridgehead atoms. The highest BCUT2D eigenvalue weighted by atomic mass is 16.1. The first-order valence-electron chi connectivity index (χ1n) is 7.26. The number of primary amides is 1. The Labute approximate surface area is 124 Å². The van der Waals surface area contributed by atoms with E-state index in [1.54, 1.807) is 0 Å². The molecule has 1 amide bonds. The van der Waals surface area contributed by atoms with E-state index in [1.807, 2.05) is 30.8 Å². The average molecular weight is 293 g/mol. The van der Waals surface area contributed by atoms with E-state index in [0.717, 1.165) is 32.4 Å². The highest BCUT2D eigenvalue weighted by Crippen LogP contribution is 2.23. The molecule has 0 aliphatic carbocycles. The monoisotopic (exact) mass is 293 g/mol. The first-order chi connectivity index (χ1) is 10.0. The summed E-state index contributed by atoms with van der Waals surface area (Å²) in [5.74, 6) is 1.25. The van der Waals surface area contributed by atoms with Crippen LogP contribution in [0, 0.1) is 0 Å². The SMILES string of the molecule is CCNc1nc(N(C)C)nc(N2CCCCC2C(N)=O)n1. The van der Waals surface area contributed by atoms with Crippen LogP contribution in [-0.2, 0) is 4.79 Å². The molecule has 1 aliphatic rings. The number of nitrogens with two attached hydrogens (primary N) is 1. The summed E-state index contributed by atoms with van der Waals surface area (Å²) in [4.78, 5) is 28.6. The van der Waals surface area contributed by atoms with Crippen molar-refractivity contribution in [1.29, 1.82) is 0 Å². The lowest BCUT2D eigenvalue weighted by molar-refractivity contribution is -0.119. The van der Waals surface area contributed by atoms with Gasteiger partial charge in [0.1, 0.15) is 6.04 Å². The van der Waals surface area contributed by atoms with Gasteiger partial charge in [-0.25, -0.2) is 0 Å². The van der Waals surface area contributed by atoms with Crippen molar-refractivity contribution in [1.82, 2.24) is 15.0 Å². The molecule has 1 atom stereocenters. The highest BCUT2D eigenvalue weighted by molar-refractivity contribution is 5.83. The predicted molar refractivity (Wildman–Crippen MR) is 82.5 cm³/mol. The lowest BCUT2D eigenvalue weighted by atomic mass is 10.0. The van der Waals surface area contributed by atoms with Gasteiger partial charge in [0, 0.05) is 27.2 Å². The Balaban J connectivity index is 2.37. The molecule has 1 unspecified atom stereocenters. The number of carbonyl (C=O) groups excluding carboxylic acids is 1. The van der Waals surface area contributed by atoms with Gasteiger partial charge in [-0.05, 0) is 26.2 Å². The Kier molecular flexibility index (Phi) is 4.77. The normalized spacial score (nSPS) is 18.4. The maximum Gasteiger partial charge on any atom is 0.240 e. The minimum Gasteiger partial charge on any atom is -0.368 e. The molecule has 1 aromatic heterocycles. The summed E-state index contributed by atoms with van der Waals surface area (Å²) in [6, 6.07) is -0.342. The minimum atomic E-state index is -0.342. The van der Waals surface area contributed by atoms with E-state index in [0.29, 0.717) is 17.8 Å². The summed E-state index contributed by atoms with van der Waals surface area (Å²) in [7, 11) is 3.74. The fourth-order valence-electron chi connectivity index (χ4n) is 2.39. The van der Waals surface area contributed by atoms with Crippen LogP contribution < -0.4 is 20.9 Å². The fourth-order valence-corrected chi connectivity index (χ4v) is 2.39. The third kappa shape index (κ3) is 3.50. The zero-order chi connectivity index (χ0) is 15.4. The molecule has 3 N–H and O–H groups in total. The molecule has 0 saturated carbocycles. The van der Waals surface area contributed by atoms with E-state index in [9.17, 15) is 4.79 Å². The summed E-state index contributed by atoms with van der Waals surface area (Å²) < 4.78 is 0. The second-order valence-corrected chi connectivity index (χ2v) is 5.29. The van der Waals surface area contributed by atoms with Crippen molar-refractivity contribution in [3.05, 3.63) is 0 Å². The molecule has 0 spiro atoms. The third-order valence-corrected chi connectivity index (χ3v) is 3.43. The van der Waals surface area contributed by atoms with Gasteiger partial charge in [0.2, 0.25) is 23.8 Å². The minimum absolute atomic E-state index is 0.327. The average Bonchev–Trinajstić information content (AvgIpc) is 2.47. The molecule has 116 valence electrons. The molecule has 1 fully saturated rings. The fraction of sp³-hybridized carbons (Fsp3) is 0.692. The second-order valence-electron chi connectivity index (χ2n) is 5.29. The zero-order valence-electron chi connectivity index (χ0n) is 12.8. The number of hydrogen-bond acceptors (Lipinski definition) is 7. The van der Waals surface area contributed by atoms with Gasteiger partial charge < -0.3 is 20.9 Å². The molecule has 1 aliphatic heterocycles. The van der Waals surface area contributed by atoms with Crippen LogP contribution in [-0.4, -0.2) is 54.1 Å². The van der Waals surface area contributed by atoms with Crippen LogP contribution in [0.2, 0.25) is 0 Å². The van der Waals surface area contributed by atoms with Crippen molar-refractivity contribution in [2.45, 2.75) is 32.2 Å². The number of piperidine rings is 1. The summed E-state index contributed by atoms with van der Waals surface area (Å²) >= 11 is 0. The van der Waals surface area contributed by atoms with Crippen LogP contribution in [0.3, 0.4) is 0 Å². The number of amides is 1. The molecule has 2 rings (SSSR count). The Morgan fingerprint density at radius 1 is 1.38 bits per heavy atom. The van der Waals surface area contributed by atoms with E-state index in [-0.39, 0.29) is 11.9 Å². The van der Waals surface area contributed by atoms with Gasteiger partial charge in [0.05, 0.1) is 0 Å². The van der Waals surface area contributed by atoms with Crippen molar-refractivity contribution in [3.63, 3.8) is 0 Å². The number of nitrogens with zero attached hydrogens (tertiary/aromatic N) is 5. The quantitative estimate of drug-likeness (QED) is 0.800. The molecular weight excluding hydrogens is 270 g/mol. The number of aromatic nitrogens is 3. The van der Waals surface area contributed by atoms with Gasteiger partial charge in [-0.3, -0.25) is 4.79 Å². The van der Waals surface area contributed by atoms with E-state index in [4.69, 9.17) is 5.73 Å². The van der Waals surface area contributed by atoms with E-state index >= 15 is 0 Å². The maximum absolute atomic E-state index is 11.7. The molecule has 0 aromatic carbocycles. The first-order valence-corrected chi connectivity index (χ1v) is 7.26. The van der Waals surface area contributed by atoms with Crippen molar-refractivity contribution >= 4 is 23.8 Å². The molecule has 8 heteroatoms. The van der Waals surface area contributed by atoms with Crippen molar-refractivity contribution < 1.29 is 4.79 Å². The molecular formula is C13H23N7O. The van der Waals surface area contributed by atoms with Crippen molar-refractivity contribution in [2.24, 2.45) is 5.73 Å². The van der Waals surface area contributed by atoms with Crippen molar-refractivity contribution in [2.75, 3.05) is 42.3 Å². The molecule has 0 radical (unpaired) electrons. The van der Waals surface area contributed by atoms with Gasteiger partial charge in [0.25, 0.3) is 0 Å². The van der Waals surface area contributed by atoms with E-state index in [2.05, 4.69) is 20.3 Å². The van der Waals surface area contributed by atoms with Crippen LogP contribution in [0.1, 0.15) is 26.2 Å². The second kappa shape index (κ2) is 6.55. The highest BCUT2D eigenvalue weighted by Gasteiger charge is 2.29. The smallest absolute Gasteiger partial charge is 0.240 e. The number of anilines is 3. The van der Waals surface area contributed by atoms with Gasteiger partial charge in [-0.15, -0.1) is 0 Å². The van der Waals surface area contributed by atoms with Crippen LogP contribution in [0.4, 0.5) is 17.8 Å². The lowest BCUT2D eigenvalue weighted by Gasteiger charge is -2.33. The first kappa shape index (κ1) is 15.3.